The van der Waals surface area contributed by atoms with Gasteiger partial charge in [0.2, 0.25) is 0 Å². The van der Waals surface area contributed by atoms with Crippen LogP contribution in [0.2, 0.25) is 0 Å². The number of benzene rings is 2. The lowest BCUT2D eigenvalue weighted by atomic mass is 10.1. The summed E-state index contributed by atoms with van der Waals surface area (Å²) in [6.07, 6.45) is 2.24. The van der Waals surface area contributed by atoms with Gasteiger partial charge in [-0.05, 0) is 43.0 Å². The Kier molecular flexibility index (Phi) is 9.82. The Bertz CT molecular complexity index is 1100. The quantitative estimate of drug-likeness (QED) is 0.574. The number of halogens is 1. The van der Waals surface area contributed by atoms with E-state index in [9.17, 15) is 18.8 Å². The molecular weight excluding hydrogens is 423 g/mol. The molecule has 0 atom stereocenters. The van der Waals surface area contributed by atoms with Crippen molar-refractivity contribution in [3.63, 3.8) is 0 Å². The lowest BCUT2D eigenvalue weighted by Crippen LogP contribution is -2.30. The number of aromatic nitrogens is 2. The molecule has 1 heterocycles. The Morgan fingerprint density at radius 1 is 0.879 bits per heavy atom. The summed E-state index contributed by atoms with van der Waals surface area (Å²) in [5.74, 6) is -1.58. The fourth-order valence-corrected chi connectivity index (χ4v) is 2.70. The number of carbonyl (C=O) groups is 3. The molecule has 0 aliphatic carbocycles. The summed E-state index contributed by atoms with van der Waals surface area (Å²) in [6, 6.07) is 16.2. The fraction of sp³-hybridized carbons (Fsp3) is 0.240. The zero-order chi connectivity index (χ0) is 24.2. The Balaban J connectivity index is 0.000000405. The van der Waals surface area contributed by atoms with Crippen LogP contribution in [0.5, 0.6) is 0 Å². The second-order valence-electron chi connectivity index (χ2n) is 7.28. The molecule has 8 heteroatoms. The van der Waals surface area contributed by atoms with Crippen LogP contribution >= 0.6 is 0 Å². The van der Waals surface area contributed by atoms with Gasteiger partial charge in [-0.1, -0.05) is 49.4 Å². The molecule has 0 fully saturated rings. The highest BCUT2D eigenvalue weighted by atomic mass is 19.1. The van der Waals surface area contributed by atoms with Crippen molar-refractivity contribution in [3.8, 4) is 0 Å². The Morgan fingerprint density at radius 2 is 1.52 bits per heavy atom. The minimum Gasteiger partial charge on any atom is -0.347 e. The number of rotatable bonds is 7. The number of hydrogen-bond donors (Lipinski definition) is 2. The summed E-state index contributed by atoms with van der Waals surface area (Å²) in [7, 11) is 0. The van der Waals surface area contributed by atoms with Gasteiger partial charge in [0.05, 0.1) is 6.54 Å². The third kappa shape index (κ3) is 8.60. The topological polar surface area (TPSA) is 101 Å². The molecule has 2 amide bonds. The fourth-order valence-electron chi connectivity index (χ4n) is 2.70. The maximum absolute atomic E-state index is 13.2. The van der Waals surface area contributed by atoms with Crippen molar-refractivity contribution in [2.24, 2.45) is 0 Å². The molecule has 3 rings (SSSR count). The number of carbonyl (C=O) groups excluding carboxylic acids is 3. The van der Waals surface area contributed by atoms with Crippen LogP contribution < -0.4 is 10.6 Å². The summed E-state index contributed by atoms with van der Waals surface area (Å²) in [5, 5.41) is 5.03. The zero-order valence-electron chi connectivity index (χ0n) is 18.9. The predicted octanol–water partition coefficient (Wildman–Crippen LogP) is 3.42. The van der Waals surface area contributed by atoms with Crippen molar-refractivity contribution < 1.29 is 18.8 Å². The van der Waals surface area contributed by atoms with Gasteiger partial charge >= 0.3 is 0 Å². The van der Waals surface area contributed by atoms with Crippen LogP contribution in [0.1, 0.15) is 51.5 Å². The zero-order valence-corrected chi connectivity index (χ0v) is 18.9. The van der Waals surface area contributed by atoms with Crippen LogP contribution in [0.3, 0.4) is 0 Å². The first kappa shape index (κ1) is 25.3. The molecular formula is C25H27FN4O3. The number of amides is 2. The van der Waals surface area contributed by atoms with E-state index in [1.807, 2.05) is 6.07 Å². The van der Waals surface area contributed by atoms with Crippen LogP contribution in [-0.4, -0.2) is 34.1 Å². The van der Waals surface area contributed by atoms with Crippen molar-refractivity contribution in [1.82, 2.24) is 20.6 Å². The Morgan fingerprint density at radius 3 is 2.06 bits per heavy atom. The summed E-state index contributed by atoms with van der Waals surface area (Å²) in [6.45, 7) is 5.22. The van der Waals surface area contributed by atoms with Gasteiger partial charge in [0, 0.05) is 12.6 Å². The van der Waals surface area contributed by atoms with Crippen molar-refractivity contribution in [2.45, 2.75) is 33.7 Å². The van der Waals surface area contributed by atoms with E-state index >= 15 is 0 Å². The monoisotopic (exact) mass is 450 g/mol. The third-order valence-electron chi connectivity index (χ3n) is 4.56. The van der Waals surface area contributed by atoms with E-state index in [-0.39, 0.29) is 36.1 Å². The van der Waals surface area contributed by atoms with Crippen LogP contribution in [0.4, 0.5) is 4.39 Å². The lowest BCUT2D eigenvalue weighted by molar-refractivity contribution is -0.116. The van der Waals surface area contributed by atoms with Gasteiger partial charge in [0.1, 0.15) is 29.3 Å². The molecule has 0 unspecified atom stereocenters. The summed E-state index contributed by atoms with van der Waals surface area (Å²) in [4.78, 5) is 42.5. The summed E-state index contributed by atoms with van der Waals surface area (Å²) in [5.41, 5.74) is 2.63. The number of nitrogens with one attached hydrogen (secondary N) is 2. The molecule has 0 spiro atoms. The van der Waals surface area contributed by atoms with Gasteiger partial charge in [-0.15, -0.1) is 0 Å². The van der Waals surface area contributed by atoms with Crippen molar-refractivity contribution in [3.05, 3.63) is 94.8 Å². The first-order valence-corrected chi connectivity index (χ1v) is 10.5. The summed E-state index contributed by atoms with van der Waals surface area (Å²) >= 11 is 0. The molecule has 2 N–H and O–H groups in total. The van der Waals surface area contributed by atoms with Crippen LogP contribution in [0, 0.1) is 12.7 Å². The molecule has 0 saturated heterocycles. The van der Waals surface area contributed by atoms with E-state index in [2.05, 4.69) is 51.8 Å². The molecule has 0 aliphatic heterocycles. The minimum atomic E-state index is -0.569. The highest BCUT2D eigenvalue weighted by molar-refractivity contribution is 5.98. The smallest absolute Gasteiger partial charge is 0.270 e. The Hall–Kier alpha value is -3.94. The molecule has 33 heavy (non-hydrogen) atoms. The molecule has 0 bridgehead atoms. The van der Waals surface area contributed by atoms with Crippen molar-refractivity contribution in [1.29, 1.82) is 0 Å². The van der Waals surface area contributed by atoms with Crippen LogP contribution in [0.25, 0.3) is 0 Å². The molecule has 2 aromatic carbocycles. The van der Waals surface area contributed by atoms with Gasteiger partial charge in [0.15, 0.2) is 0 Å². The van der Waals surface area contributed by atoms with Crippen LogP contribution in [-0.2, 0) is 17.8 Å². The van der Waals surface area contributed by atoms with Crippen molar-refractivity contribution >= 4 is 17.6 Å². The largest absolute Gasteiger partial charge is 0.347 e. The van der Waals surface area contributed by atoms with Crippen LogP contribution in [0.15, 0.2) is 60.9 Å². The standard InChI is InChI=1S/C17H17FN4O3.C8H10/c1-10-5-12(3-4-13(10)18)8-20-17(25)15-6-14(21-9-22-15)16(24)19-7-11(2)23;1-2-8-6-4-3-5-7-8/h3-6,9H,7-8H2,1-2H3,(H,19,24)(H,20,25);3-7H,2H2,1H3. The van der Waals surface area contributed by atoms with Gasteiger partial charge in [-0.2, -0.15) is 0 Å². The number of aryl methyl sites for hydroxylation is 2. The first-order valence-electron chi connectivity index (χ1n) is 10.5. The van der Waals surface area contributed by atoms with E-state index in [4.69, 9.17) is 0 Å². The molecule has 1 aromatic heterocycles. The van der Waals surface area contributed by atoms with E-state index in [0.29, 0.717) is 5.56 Å². The predicted molar refractivity (Wildman–Crippen MR) is 123 cm³/mol. The molecule has 7 nitrogen and oxygen atoms in total. The first-order chi connectivity index (χ1) is 15.8. The molecule has 0 aliphatic rings. The Labute approximate surface area is 192 Å². The maximum atomic E-state index is 13.2. The normalized spacial score (nSPS) is 9.94. The number of nitrogens with zero attached hydrogens (tertiary/aromatic N) is 2. The summed E-state index contributed by atoms with van der Waals surface area (Å²) < 4.78 is 13.2. The lowest BCUT2D eigenvalue weighted by Gasteiger charge is -2.07. The molecule has 0 radical (unpaired) electrons. The van der Waals surface area contributed by atoms with Gasteiger partial charge < -0.3 is 10.6 Å². The van der Waals surface area contributed by atoms with Crippen molar-refractivity contribution in [2.75, 3.05) is 6.54 Å². The second kappa shape index (κ2) is 12.8. The minimum absolute atomic E-state index is 0.0148. The van der Waals surface area contributed by atoms with E-state index in [1.165, 1.54) is 24.6 Å². The van der Waals surface area contributed by atoms with E-state index < -0.39 is 11.8 Å². The number of hydrogen-bond acceptors (Lipinski definition) is 5. The SMILES string of the molecule is CC(=O)CNC(=O)c1cc(C(=O)NCc2ccc(F)c(C)c2)ncn1.CCc1ccccc1. The van der Waals surface area contributed by atoms with Gasteiger partial charge in [0.25, 0.3) is 11.8 Å². The average Bonchev–Trinajstić information content (AvgIpc) is 2.84. The molecule has 0 saturated carbocycles. The third-order valence-corrected chi connectivity index (χ3v) is 4.56. The molecule has 172 valence electrons. The second-order valence-corrected chi connectivity index (χ2v) is 7.28. The maximum Gasteiger partial charge on any atom is 0.270 e. The van der Waals surface area contributed by atoms with Gasteiger partial charge in [-0.3, -0.25) is 14.4 Å². The number of Topliss-reactive ketones (excluding diaryl/α,β-unsaturated/α-hetero) is 1. The molecule has 3 aromatic rings. The number of ketones is 1. The highest BCUT2D eigenvalue weighted by Gasteiger charge is 2.13. The highest BCUT2D eigenvalue weighted by Crippen LogP contribution is 2.09. The van der Waals surface area contributed by atoms with E-state index in [0.717, 1.165) is 18.3 Å². The average molecular weight is 451 g/mol. The van der Waals surface area contributed by atoms with Gasteiger partial charge in [-0.25, -0.2) is 14.4 Å². The van der Waals surface area contributed by atoms with E-state index in [1.54, 1.807) is 19.1 Å².